The van der Waals surface area contributed by atoms with Crippen molar-refractivity contribution in [2.24, 2.45) is 0 Å². The minimum Gasteiger partial charge on any atom is -0.506 e. The third kappa shape index (κ3) is 5.02. The van der Waals surface area contributed by atoms with E-state index in [-0.39, 0.29) is 5.75 Å². The van der Waals surface area contributed by atoms with Crippen LogP contribution in [0.15, 0.2) is 37.2 Å². The summed E-state index contributed by atoms with van der Waals surface area (Å²) >= 11 is 0. The molecule has 0 spiro atoms. The van der Waals surface area contributed by atoms with Gasteiger partial charge in [0.1, 0.15) is 11.4 Å². The number of aromatic hydroxyl groups is 1. The first-order chi connectivity index (χ1) is 12.8. The minimum atomic E-state index is 0.198. The molecule has 0 unspecified atom stereocenters. The van der Waals surface area contributed by atoms with Gasteiger partial charge in [-0.15, -0.1) is 0 Å². The molecule has 0 aromatic carbocycles. The van der Waals surface area contributed by atoms with Crippen LogP contribution in [0.2, 0.25) is 0 Å². The standard InChI is InChI=1S/C20H27N5O/c1-2-18-19(26)9-8-17(23-18)7-4-3-5-12-24-13-15-25(16-14-24)20-21-10-6-11-22-20/h2,6,8-11,26H,1,3-5,7,12-16H2. The van der Waals surface area contributed by atoms with Crippen molar-refractivity contribution in [3.63, 3.8) is 0 Å². The Balaban J connectivity index is 1.32. The summed E-state index contributed by atoms with van der Waals surface area (Å²) in [5, 5.41) is 9.63. The zero-order valence-electron chi connectivity index (χ0n) is 15.2. The zero-order valence-corrected chi connectivity index (χ0v) is 15.2. The first-order valence-electron chi connectivity index (χ1n) is 9.32. The van der Waals surface area contributed by atoms with E-state index in [0.717, 1.165) is 57.2 Å². The molecule has 2 aromatic rings. The van der Waals surface area contributed by atoms with E-state index in [2.05, 4.69) is 31.3 Å². The van der Waals surface area contributed by atoms with Crippen molar-refractivity contribution in [1.29, 1.82) is 0 Å². The van der Waals surface area contributed by atoms with Gasteiger partial charge in [-0.2, -0.15) is 0 Å². The van der Waals surface area contributed by atoms with Gasteiger partial charge in [-0.3, -0.25) is 4.90 Å². The molecule has 0 aliphatic carbocycles. The smallest absolute Gasteiger partial charge is 0.225 e. The lowest BCUT2D eigenvalue weighted by Gasteiger charge is -2.34. The van der Waals surface area contributed by atoms with E-state index in [0.29, 0.717) is 5.69 Å². The third-order valence-corrected chi connectivity index (χ3v) is 4.77. The van der Waals surface area contributed by atoms with Crippen molar-refractivity contribution in [2.45, 2.75) is 25.7 Å². The highest BCUT2D eigenvalue weighted by Gasteiger charge is 2.18. The third-order valence-electron chi connectivity index (χ3n) is 4.77. The number of hydrogen-bond donors (Lipinski definition) is 1. The zero-order chi connectivity index (χ0) is 18.2. The molecule has 0 saturated carbocycles. The minimum absolute atomic E-state index is 0.198. The molecule has 0 atom stereocenters. The van der Waals surface area contributed by atoms with E-state index in [1.165, 1.54) is 12.8 Å². The second-order valence-corrected chi connectivity index (χ2v) is 6.60. The topological polar surface area (TPSA) is 65.4 Å². The second-order valence-electron chi connectivity index (χ2n) is 6.60. The van der Waals surface area contributed by atoms with Crippen LogP contribution in [-0.4, -0.2) is 57.7 Å². The first kappa shape index (κ1) is 18.3. The van der Waals surface area contributed by atoms with Gasteiger partial charge in [0.15, 0.2) is 0 Å². The maximum Gasteiger partial charge on any atom is 0.225 e. The molecule has 26 heavy (non-hydrogen) atoms. The van der Waals surface area contributed by atoms with Gasteiger partial charge in [0.25, 0.3) is 0 Å². The molecule has 2 aromatic heterocycles. The number of unbranched alkanes of at least 4 members (excludes halogenated alkanes) is 2. The number of rotatable bonds is 8. The monoisotopic (exact) mass is 353 g/mol. The fourth-order valence-corrected chi connectivity index (χ4v) is 3.24. The van der Waals surface area contributed by atoms with Crippen LogP contribution in [0, 0.1) is 0 Å². The summed E-state index contributed by atoms with van der Waals surface area (Å²) in [6, 6.07) is 5.45. The SMILES string of the molecule is C=Cc1nc(CCCCCN2CCN(c3ncccn3)CC2)ccc1O. The maximum absolute atomic E-state index is 9.63. The summed E-state index contributed by atoms with van der Waals surface area (Å²) in [5.41, 5.74) is 1.59. The van der Waals surface area contributed by atoms with Crippen molar-refractivity contribution in [2.75, 3.05) is 37.6 Å². The van der Waals surface area contributed by atoms with Crippen LogP contribution in [0.3, 0.4) is 0 Å². The van der Waals surface area contributed by atoms with E-state index in [1.807, 2.05) is 12.1 Å². The molecule has 6 nitrogen and oxygen atoms in total. The number of pyridine rings is 1. The van der Waals surface area contributed by atoms with Crippen molar-refractivity contribution < 1.29 is 5.11 Å². The molecule has 1 fully saturated rings. The van der Waals surface area contributed by atoms with Gasteiger partial charge >= 0.3 is 0 Å². The Bertz CT molecular complexity index is 699. The quantitative estimate of drug-likeness (QED) is 0.736. The Morgan fingerprint density at radius 3 is 2.54 bits per heavy atom. The van der Waals surface area contributed by atoms with Gasteiger partial charge in [0.2, 0.25) is 5.95 Å². The number of aryl methyl sites for hydroxylation is 1. The molecule has 0 radical (unpaired) electrons. The van der Waals surface area contributed by atoms with E-state index in [4.69, 9.17) is 0 Å². The molecule has 0 amide bonds. The number of nitrogens with zero attached hydrogens (tertiary/aromatic N) is 5. The number of hydrogen-bond acceptors (Lipinski definition) is 6. The maximum atomic E-state index is 9.63. The highest BCUT2D eigenvalue weighted by atomic mass is 16.3. The lowest BCUT2D eigenvalue weighted by atomic mass is 10.1. The van der Waals surface area contributed by atoms with Crippen LogP contribution in [0.25, 0.3) is 6.08 Å². The summed E-state index contributed by atoms with van der Waals surface area (Å²) in [5.74, 6) is 1.04. The average Bonchev–Trinajstić information content (AvgIpc) is 2.70. The Morgan fingerprint density at radius 1 is 1.04 bits per heavy atom. The Morgan fingerprint density at radius 2 is 1.81 bits per heavy atom. The molecule has 1 N–H and O–H groups in total. The predicted molar refractivity (Wildman–Crippen MR) is 104 cm³/mol. The summed E-state index contributed by atoms with van der Waals surface area (Å²) in [7, 11) is 0. The van der Waals surface area contributed by atoms with Gasteiger partial charge in [-0.1, -0.05) is 13.0 Å². The van der Waals surface area contributed by atoms with Crippen molar-refractivity contribution in [1.82, 2.24) is 19.9 Å². The van der Waals surface area contributed by atoms with Gasteiger partial charge < -0.3 is 10.0 Å². The molecular formula is C20H27N5O. The fourth-order valence-electron chi connectivity index (χ4n) is 3.24. The fraction of sp³-hybridized carbons (Fsp3) is 0.450. The molecule has 1 aliphatic heterocycles. The molecular weight excluding hydrogens is 326 g/mol. The van der Waals surface area contributed by atoms with Crippen molar-refractivity contribution in [3.05, 3.63) is 48.6 Å². The Hall–Kier alpha value is -2.47. The Labute approximate surface area is 155 Å². The van der Waals surface area contributed by atoms with Gasteiger partial charge in [0.05, 0.1) is 0 Å². The molecule has 138 valence electrons. The van der Waals surface area contributed by atoms with E-state index in [1.54, 1.807) is 24.5 Å². The highest BCUT2D eigenvalue weighted by molar-refractivity contribution is 5.50. The molecule has 6 heteroatoms. The lowest BCUT2D eigenvalue weighted by Crippen LogP contribution is -2.47. The largest absolute Gasteiger partial charge is 0.506 e. The number of anilines is 1. The second kappa shape index (κ2) is 9.29. The molecule has 0 bridgehead atoms. The van der Waals surface area contributed by atoms with Crippen molar-refractivity contribution >= 4 is 12.0 Å². The highest BCUT2D eigenvalue weighted by Crippen LogP contribution is 2.17. The normalized spacial score (nSPS) is 15.2. The molecule has 1 aliphatic rings. The van der Waals surface area contributed by atoms with E-state index in [9.17, 15) is 5.11 Å². The average molecular weight is 353 g/mol. The van der Waals surface area contributed by atoms with E-state index >= 15 is 0 Å². The van der Waals surface area contributed by atoms with E-state index < -0.39 is 0 Å². The first-order valence-corrected chi connectivity index (χ1v) is 9.32. The van der Waals surface area contributed by atoms with Gasteiger partial charge in [-0.05, 0) is 50.1 Å². The predicted octanol–water partition coefficient (Wildman–Crippen LogP) is 2.76. The van der Waals surface area contributed by atoms with Crippen LogP contribution < -0.4 is 4.90 Å². The molecule has 1 saturated heterocycles. The lowest BCUT2D eigenvalue weighted by molar-refractivity contribution is 0.251. The van der Waals surface area contributed by atoms with Crippen LogP contribution >= 0.6 is 0 Å². The number of piperazine rings is 1. The summed E-state index contributed by atoms with van der Waals surface area (Å²) in [6.45, 7) is 8.95. The summed E-state index contributed by atoms with van der Waals surface area (Å²) < 4.78 is 0. The van der Waals surface area contributed by atoms with Gasteiger partial charge in [-0.25, -0.2) is 15.0 Å². The number of aromatic nitrogens is 3. The van der Waals surface area contributed by atoms with Crippen LogP contribution in [-0.2, 0) is 6.42 Å². The Kier molecular flexibility index (Phi) is 6.55. The van der Waals surface area contributed by atoms with Gasteiger partial charge in [0, 0.05) is 44.3 Å². The van der Waals surface area contributed by atoms with Crippen LogP contribution in [0.4, 0.5) is 5.95 Å². The molecule has 3 rings (SSSR count). The van der Waals surface area contributed by atoms with Crippen LogP contribution in [0.5, 0.6) is 5.75 Å². The summed E-state index contributed by atoms with van der Waals surface area (Å²) in [6.07, 6.45) is 9.65. The summed E-state index contributed by atoms with van der Waals surface area (Å²) in [4.78, 5) is 17.9. The molecule has 3 heterocycles. The van der Waals surface area contributed by atoms with Crippen LogP contribution in [0.1, 0.15) is 30.7 Å². The van der Waals surface area contributed by atoms with Crippen molar-refractivity contribution in [3.8, 4) is 5.75 Å².